The fraction of sp³-hybridized carbons (Fsp3) is 0. The molecule has 0 aromatic carbocycles. The highest BCUT2D eigenvalue weighted by molar-refractivity contribution is 8.68. The van der Waals surface area contributed by atoms with Gasteiger partial charge in [0.05, 0.1) is 0 Å². The Hall–Kier alpha value is 1.23. The Morgan fingerprint density at radius 3 is 1.20 bits per heavy atom. The van der Waals surface area contributed by atoms with Gasteiger partial charge in [-0.05, 0) is 0 Å². The van der Waals surface area contributed by atoms with E-state index in [2.05, 4.69) is 36.2 Å². The molecule has 2 N–H and O–H groups in total. The Labute approximate surface area is 47.6 Å². The van der Waals surface area contributed by atoms with E-state index in [0.717, 1.165) is 0 Å². The third-order valence-electron chi connectivity index (χ3n) is 0. The van der Waals surface area contributed by atoms with Crippen LogP contribution in [0, 0.1) is 0 Å². The summed E-state index contributed by atoms with van der Waals surface area (Å²) in [6, 6.07) is 0. The molecule has 5 heavy (non-hydrogen) atoms. The predicted molar refractivity (Wildman–Crippen MR) is 36.9 cm³/mol. The molecule has 0 bridgehead atoms. The summed E-state index contributed by atoms with van der Waals surface area (Å²) in [7, 11) is 0. The molecule has 0 aliphatic heterocycles. The second-order valence-corrected chi connectivity index (χ2v) is 11.6. The van der Waals surface area contributed by atoms with Crippen LogP contribution in [-0.2, 0) is 0 Å². The Morgan fingerprint density at radius 1 is 1.20 bits per heavy atom. The number of hydrogen-bond acceptors (Lipinski definition) is 4. The van der Waals surface area contributed by atoms with Crippen LogP contribution in [0.2, 0.25) is 0 Å². The average Bonchev–Trinajstić information content (AvgIpc) is 0.722. The van der Waals surface area contributed by atoms with E-state index in [1.807, 2.05) is 0 Å². The van der Waals surface area contributed by atoms with E-state index in [1.165, 1.54) is 0 Å². The van der Waals surface area contributed by atoms with Gasteiger partial charge in [-0.25, -0.2) is 0 Å². The van der Waals surface area contributed by atoms with Crippen molar-refractivity contribution in [2.75, 3.05) is 0 Å². The van der Waals surface area contributed by atoms with E-state index in [1.54, 1.807) is 0 Å². The first kappa shape index (κ1) is 6.23. The standard InChI is InChI=1S/H5NS3Si/c1-5(2,3)4/h2-4H,1H2. The van der Waals surface area contributed by atoms with Gasteiger partial charge >= 0.3 is 5.68 Å². The zero-order valence-electron chi connectivity index (χ0n) is 2.42. The second-order valence-electron chi connectivity index (χ2n) is 0.687. The fourth-order valence-electron chi connectivity index (χ4n) is 0. The normalized spacial score (nSPS) is 12.0. The number of nitrogens with two attached hydrogens (primary N) is 1. The van der Waals surface area contributed by atoms with Crippen molar-refractivity contribution >= 4 is 41.9 Å². The summed E-state index contributed by atoms with van der Waals surface area (Å²) in [4.78, 5) is 0. The van der Waals surface area contributed by atoms with Gasteiger partial charge in [0.15, 0.2) is 0 Å². The number of thiol groups is 3. The van der Waals surface area contributed by atoms with Crippen LogP contribution in [0.15, 0.2) is 0 Å². The molecule has 0 unspecified atom stereocenters. The van der Waals surface area contributed by atoms with Crippen molar-refractivity contribution in [2.45, 2.75) is 0 Å². The first-order valence-electron chi connectivity index (χ1n) is 0.959. The summed E-state index contributed by atoms with van der Waals surface area (Å²) in [5.74, 6) is 0. The van der Waals surface area contributed by atoms with Gasteiger partial charge in [-0.3, -0.25) is 0 Å². The largest absolute Gasteiger partial charge is 0.327 e. The van der Waals surface area contributed by atoms with Gasteiger partial charge in [0.1, 0.15) is 0 Å². The topological polar surface area (TPSA) is 26.0 Å². The van der Waals surface area contributed by atoms with Crippen LogP contribution in [0.3, 0.4) is 0 Å². The van der Waals surface area contributed by atoms with E-state index in [4.69, 9.17) is 5.40 Å². The molecule has 0 saturated carbocycles. The van der Waals surface area contributed by atoms with E-state index in [-0.39, 0.29) is 0 Å². The van der Waals surface area contributed by atoms with E-state index in [9.17, 15) is 0 Å². The highest BCUT2D eigenvalue weighted by atomic mass is 32.7. The summed E-state index contributed by atoms with van der Waals surface area (Å²) >= 11 is 11.3. The van der Waals surface area contributed by atoms with Gasteiger partial charge in [0.2, 0.25) is 0 Å². The van der Waals surface area contributed by atoms with Crippen LogP contribution in [0.4, 0.5) is 0 Å². The molecule has 0 aliphatic rings. The van der Waals surface area contributed by atoms with Crippen LogP contribution < -0.4 is 5.40 Å². The SMILES string of the molecule is N[Si](S)(S)S. The Balaban J connectivity index is 3.02. The molecule has 0 rings (SSSR count). The summed E-state index contributed by atoms with van der Waals surface area (Å²) in [6.07, 6.45) is 0. The molecule has 0 aromatic rings. The summed E-state index contributed by atoms with van der Waals surface area (Å²) in [6.45, 7) is 0. The van der Waals surface area contributed by atoms with Crippen molar-refractivity contribution in [3.8, 4) is 0 Å². The maximum absolute atomic E-state index is 5.09. The van der Waals surface area contributed by atoms with Crippen LogP contribution in [0.25, 0.3) is 0 Å². The molecule has 0 aliphatic carbocycles. The molecule has 0 heterocycles. The molecule has 5 heteroatoms. The third-order valence-corrected chi connectivity index (χ3v) is 0. The lowest BCUT2D eigenvalue weighted by atomic mass is 13.9. The minimum Gasteiger partial charge on any atom is -0.327 e. The lowest BCUT2D eigenvalue weighted by Gasteiger charge is -1.97. The van der Waals surface area contributed by atoms with E-state index < -0.39 is 5.68 Å². The zero-order chi connectivity index (χ0) is 4.50. The quantitative estimate of drug-likeness (QED) is 0.282. The molecule has 0 fully saturated rings. The fourth-order valence-corrected chi connectivity index (χ4v) is 0. The van der Waals surface area contributed by atoms with E-state index in [0.29, 0.717) is 0 Å². The monoisotopic (exact) mass is 143 g/mol. The third kappa shape index (κ3) is 36.2. The minimum absolute atomic E-state index is 2.03. The van der Waals surface area contributed by atoms with Gasteiger partial charge in [-0.2, -0.15) is 36.2 Å². The van der Waals surface area contributed by atoms with Gasteiger partial charge in [0.25, 0.3) is 0 Å². The maximum Gasteiger partial charge on any atom is 0.303 e. The van der Waals surface area contributed by atoms with Crippen molar-refractivity contribution in [3.05, 3.63) is 0 Å². The number of hydrogen-bond donors (Lipinski definition) is 4. The molecule has 0 saturated heterocycles. The molecular weight excluding hydrogens is 138 g/mol. The lowest BCUT2D eigenvalue weighted by molar-refractivity contribution is 1.96. The second kappa shape index (κ2) is 1.79. The van der Waals surface area contributed by atoms with Crippen molar-refractivity contribution in [1.82, 2.24) is 0 Å². The minimum atomic E-state index is -2.03. The molecule has 0 spiro atoms. The number of rotatable bonds is 0. The molecular formula is H5NS3Si. The molecule has 0 radical (unpaired) electrons. The Kier molecular flexibility index (Phi) is 2.23. The predicted octanol–water partition coefficient (Wildman–Crippen LogP) is 0.170. The first-order chi connectivity index (χ1) is 2.00. The molecule has 32 valence electrons. The van der Waals surface area contributed by atoms with Crippen LogP contribution in [0.5, 0.6) is 0 Å². The zero-order valence-corrected chi connectivity index (χ0v) is 6.10. The van der Waals surface area contributed by atoms with Gasteiger partial charge < -0.3 is 5.40 Å². The highest BCUT2D eigenvalue weighted by Crippen LogP contribution is 2.07. The summed E-state index contributed by atoms with van der Waals surface area (Å²) in [5, 5.41) is 5.09. The van der Waals surface area contributed by atoms with Crippen molar-refractivity contribution < 1.29 is 0 Å². The van der Waals surface area contributed by atoms with Crippen molar-refractivity contribution in [2.24, 2.45) is 5.40 Å². The van der Waals surface area contributed by atoms with Crippen molar-refractivity contribution in [1.29, 1.82) is 0 Å². The van der Waals surface area contributed by atoms with Crippen LogP contribution in [0.1, 0.15) is 0 Å². The van der Waals surface area contributed by atoms with Gasteiger partial charge in [-0.15, -0.1) is 0 Å². The van der Waals surface area contributed by atoms with Crippen LogP contribution in [-0.4, -0.2) is 5.68 Å². The Bertz CT molecular complexity index is 22.4. The van der Waals surface area contributed by atoms with Gasteiger partial charge in [0, 0.05) is 0 Å². The molecule has 0 aromatic heterocycles. The lowest BCUT2D eigenvalue weighted by Crippen LogP contribution is -2.24. The molecule has 0 atom stereocenters. The summed E-state index contributed by atoms with van der Waals surface area (Å²) in [5.41, 5.74) is -2.03. The Morgan fingerprint density at radius 2 is 1.20 bits per heavy atom. The molecule has 0 amide bonds. The van der Waals surface area contributed by atoms with Crippen molar-refractivity contribution in [3.63, 3.8) is 0 Å². The van der Waals surface area contributed by atoms with Crippen LogP contribution >= 0.6 is 36.2 Å². The smallest absolute Gasteiger partial charge is 0.303 e. The summed E-state index contributed by atoms with van der Waals surface area (Å²) < 4.78 is 0. The molecule has 1 nitrogen and oxygen atoms in total. The highest BCUT2D eigenvalue weighted by Gasteiger charge is 2.07. The first-order valence-corrected chi connectivity index (χ1v) is 6.90. The van der Waals surface area contributed by atoms with Gasteiger partial charge in [-0.1, -0.05) is 0 Å². The average molecular weight is 143 g/mol. The maximum atomic E-state index is 5.09. The van der Waals surface area contributed by atoms with E-state index >= 15 is 0 Å².